The topological polar surface area (TPSA) is 36.4 Å². The van der Waals surface area contributed by atoms with E-state index in [1.54, 1.807) is 24.3 Å². The minimum Gasteiger partial charge on any atom is -0.374 e. The molecule has 3 nitrogen and oxygen atoms in total. The van der Waals surface area contributed by atoms with E-state index < -0.39 is 24.0 Å². The normalized spacial score (nSPS) is 13.8. The van der Waals surface area contributed by atoms with E-state index in [0.717, 1.165) is 11.1 Å². The molecule has 0 unspecified atom stereocenters. The predicted molar refractivity (Wildman–Crippen MR) is 104 cm³/mol. The maximum absolute atomic E-state index is 14.0. The van der Waals surface area contributed by atoms with Crippen molar-refractivity contribution in [2.75, 3.05) is 11.4 Å². The molecule has 0 saturated carbocycles. The summed E-state index contributed by atoms with van der Waals surface area (Å²) in [6, 6.07) is 18.4. The largest absolute Gasteiger partial charge is 0.424 e. The second-order valence-corrected chi connectivity index (χ2v) is 6.83. The van der Waals surface area contributed by atoms with Crippen LogP contribution in [0.2, 0.25) is 0 Å². The second kappa shape index (κ2) is 7.64. The van der Waals surface area contributed by atoms with Crippen LogP contribution in [0.5, 0.6) is 0 Å². The molecule has 0 aliphatic carbocycles. The van der Waals surface area contributed by atoms with Crippen molar-refractivity contribution in [1.82, 2.24) is 4.98 Å². The van der Waals surface area contributed by atoms with Crippen molar-refractivity contribution in [3.8, 4) is 0 Å². The zero-order chi connectivity index (χ0) is 20.4. The number of nitrogens with zero attached hydrogens (tertiary/aromatic N) is 2. The third-order valence-corrected chi connectivity index (χ3v) is 4.64. The summed E-state index contributed by atoms with van der Waals surface area (Å²) in [6.07, 6.45) is -3.66. The molecular weight excluding hydrogens is 365 g/mol. The summed E-state index contributed by atoms with van der Waals surface area (Å²) < 4.78 is 42.0. The molecule has 6 heteroatoms. The van der Waals surface area contributed by atoms with Gasteiger partial charge >= 0.3 is 6.18 Å². The summed E-state index contributed by atoms with van der Waals surface area (Å²) in [7, 11) is 0. The zero-order valence-corrected chi connectivity index (χ0v) is 15.6. The Hall–Kier alpha value is -2.86. The fourth-order valence-electron chi connectivity index (χ4n) is 2.93. The highest BCUT2D eigenvalue weighted by Gasteiger charge is 2.57. The molecule has 1 heterocycles. The van der Waals surface area contributed by atoms with Crippen molar-refractivity contribution in [2.45, 2.75) is 25.6 Å². The van der Waals surface area contributed by atoms with Crippen molar-refractivity contribution < 1.29 is 18.3 Å². The number of aryl methyl sites for hydroxylation is 2. The van der Waals surface area contributed by atoms with Gasteiger partial charge in [-0.05, 0) is 50.2 Å². The Morgan fingerprint density at radius 3 is 1.71 bits per heavy atom. The zero-order valence-electron chi connectivity index (χ0n) is 15.6. The first-order chi connectivity index (χ1) is 13.2. The van der Waals surface area contributed by atoms with Gasteiger partial charge in [0.05, 0.1) is 12.2 Å². The molecule has 0 bridgehead atoms. The summed E-state index contributed by atoms with van der Waals surface area (Å²) in [5.41, 5.74) is -0.496. The Labute approximate surface area is 162 Å². The molecule has 3 aromatic rings. The fourth-order valence-corrected chi connectivity index (χ4v) is 2.93. The lowest BCUT2D eigenvalue weighted by Crippen LogP contribution is -2.50. The number of benzene rings is 2. The number of hydrogen-bond acceptors (Lipinski definition) is 3. The Balaban J connectivity index is 2.11. The molecule has 0 spiro atoms. The molecule has 0 aliphatic rings. The molecule has 146 valence electrons. The molecule has 1 aromatic heterocycles. The number of halogens is 3. The van der Waals surface area contributed by atoms with Crippen molar-refractivity contribution in [3.63, 3.8) is 0 Å². The molecule has 0 radical (unpaired) electrons. The van der Waals surface area contributed by atoms with Crippen LogP contribution in [-0.2, 0) is 5.60 Å². The molecule has 28 heavy (non-hydrogen) atoms. The van der Waals surface area contributed by atoms with E-state index in [1.807, 2.05) is 38.1 Å². The maximum Gasteiger partial charge on any atom is 0.424 e. The molecular formula is C22H21F3N2O. The van der Waals surface area contributed by atoms with Crippen LogP contribution in [0.1, 0.15) is 16.8 Å². The number of aliphatic hydroxyl groups is 1. The Morgan fingerprint density at radius 2 is 1.32 bits per heavy atom. The van der Waals surface area contributed by atoms with Crippen LogP contribution >= 0.6 is 0 Å². The predicted octanol–water partition coefficient (Wildman–Crippen LogP) is 5.29. The smallest absolute Gasteiger partial charge is 0.374 e. The lowest BCUT2D eigenvalue weighted by Gasteiger charge is -2.36. The molecule has 1 N–H and O–H groups in total. The van der Waals surface area contributed by atoms with Gasteiger partial charge in [0.1, 0.15) is 0 Å². The van der Waals surface area contributed by atoms with Gasteiger partial charge in [0, 0.05) is 17.6 Å². The van der Waals surface area contributed by atoms with Crippen LogP contribution in [0.15, 0.2) is 72.9 Å². The van der Waals surface area contributed by atoms with Crippen LogP contribution < -0.4 is 4.90 Å². The molecule has 3 rings (SSSR count). The highest BCUT2D eigenvalue weighted by Crippen LogP contribution is 2.41. The first kappa shape index (κ1) is 19.9. The van der Waals surface area contributed by atoms with E-state index in [2.05, 4.69) is 4.98 Å². The number of rotatable bonds is 5. The highest BCUT2D eigenvalue weighted by molar-refractivity contribution is 5.64. The SMILES string of the molecule is Cc1ccc(N(C[C@](O)(c2ccccn2)C(F)(F)F)c2ccc(C)cc2)cc1. The van der Waals surface area contributed by atoms with Gasteiger partial charge in [0.15, 0.2) is 0 Å². The third kappa shape index (κ3) is 4.02. The van der Waals surface area contributed by atoms with Gasteiger partial charge < -0.3 is 10.0 Å². The van der Waals surface area contributed by atoms with Crippen LogP contribution in [0, 0.1) is 13.8 Å². The highest BCUT2D eigenvalue weighted by atomic mass is 19.4. The Kier molecular flexibility index (Phi) is 5.42. The number of aromatic nitrogens is 1. The average molecular weight is 386 g/mol. The van der Waals surface area contributed by atoms with Crippen LogP contribution in [-0.4, -0.2) is 22.8 Å². The Morgan fingerprint density at radius 1 is 0.821 bits per heavy atom. The van der Waals surface area contributed by atoms with E-state index >= 15 is 0 Å². The lowest BCUT2D eigenvalue weighted by molar-refractivity contribution is -0.263. The first-order valence-corrected chi connectivity index (χ1v) is 8.82. The average Bonchev–Trinajstić information content (AvgIpc) is 2.67. The van der Waals surface area contributed by atoms with E-state index in [1.165, 1.54) is 29.3 Å². The van der Waals surface area contributed by atoms with Gasteiger partial charge in [-0.1, -0.05) is 41.5 Å². The van der Waals surface area contributed by atoms with Crippen molar-refractivity contribution in [2.24, 2.45) is 0 Å². The summed E-state index contributed by atoms with van der Waals surface area (Å²) in [5, 5.41) is 10.8. The molecule has 1 atom stereocenters. The number of alkyl halides is 3. The van der Waals surface area contributed by atoms with Gasteiger partial charge in [-0.3, -0.25) is 4.98 Å². The van der Waals surface area contributed by atoms with E-state index in [-0.39, 0.29) is 0 Å². The van der Waals surface area contributed by atoms with Crippen LogP contribution in [0.4, 0.5) is 24.5 Å². The quantitative estimate of drug-likeness (QED) is 0.648. The van der Waals surface area contributed by atoms with Crippen molar-refractivity contribution in [3.05, 3.63) is 89.7 Å². The van der Waals surface area contributed by atoms with E-state index in [0.29, 0.717) is 11.4 Å². The standard InChI is InChI=1S/C22H21F3N2O/c1-16-6-10-18(11-7-16)27(19-12-8-17(2)9-13-19)15-21(28,22(23,24)25)20-5-3-4-14-26-20/h3-14,28H,15H2,1-2H3/t21-/m0/s1. The molecule has 0 amide bonds. The van der Waals surface area contributed by atoms with Crippen molar-refractivity contribution >= 4 is 11.4 Å². The Bertz CT molecular complexity index is 864. The monoisotopic (exact) mass is 386 g/mol. The van der Waals surface area contributed by atoms with Crippen LogP contribution in [0.25, 0.3) is 0 Å². The molecule has 0 fully saturated rings. The molecule has 2 aromatic carbocycles. The lowest BCUT2D eigenvalue weighted by atomic mass is 9.96. The number of pyridine rings is 1. The van der Waals surface area contributed by atoms with E-state index in [4.69, 9.17) is 0 Å². The number of hydrogen-bond donors (Lipinski definition) is 1. The van der Waals surface area contributed by atoms with Gasteiger partial charge in [-0.15, -0.1) is 0 Å². The fraction of sp³-hybridized carbons (Fsp3) is 0.227. The maximum atomic E-state index is 14.0. The summed E-state index contributed by atoms with van der Waals surface area (Å²) in [5.74, 6) is 0. The summed E-state index contributed by atoms with van der Waals surface area (Å²) >= 11 is 0. The van der Waals surface area contributed by atoms with Gasteiger partial charge in [-0.25, -0.2) is 0 Å². The van der Waals surface area contributed by atoms with Gasteiger partial charge in [0.25, 0.3) is 0 Å². The summed E-state index contributed by atoms with van der Waals surface area (Å²) in [6.45, 7) is 3.08. The molecule has 0 saturated heterocycles. The second-order valence-electron chi connectivity index (χ2n) is 6.83. The first-order valence-electron chi connectivity index (χ1n) is 8.82. The minimum atomic E-state index is -4.91. The third-order valence-electron chi connectivity index (χ3n) is 4.64. The van der Waals surface area contributed by atoms with Gasteiger partial charge in [0.2, 0.25) is 5.60 Å². The number of anilines is 2. The minimum absolute atomic E-state index is 0.438. The molecule has 0 aliphatic heterocycles. The van der Waals surface area contributed by atoms with Crippen LogP contribution in [0.3, 0.4) is 0 Å². The summed E-state index contributed by atoms with van der Waals surface area (Å²) in [4.78, 5) is 5.25. The van der Waals surface area contributed by atoms with E-state index in [9.17, 15) is 18.3 Å². The van der Waals surface area contributed by atoms with Crippen molar-refractivity contribution in [1.29, 1.82) is 0 Å². The van der Waals surface area contributed by atoms with Gasteiger partial charge in [-0.2, -0.15) is 13.2 Å².